The Labute approximate surface area is 158 Å². The third-order valence-electron chi connectivity index (χ3n) is 5.29. The van der Waals surface area contributed by atoms with Crippen LogP contribution in [-0.2, 0) is 12.0 Å². The van der Waals surface area contributed by atoms with Gasteiger partial charge < -0.3 is 15.0 Å². The molecule has 0 aliphatic heterocycles. The first-order chi connectivity index (χ1) is 13.1. The largest absolute Gasteiger partial charge is 0.356 e. The summed E-state index contributed by atoms with van der Waals surface area (Å²) >= 11 is 0. The molecule has 0 bridgehead atoms. The summed E-state index contributed by atoms with van der Waals surface area (Å²) in [4.78, 5) is 8.94. The number of nitrogens with zero attached hydrogens (tertiary/aromatic N) is 3. The number of pyridine rings is 1. The lowest BCUT2D eigenvalue weighted by molar-refractivity contribution is 0.607. The van der Waals surface area contributed by atoms with Gasteiger partial charge in [-0.2, -0.15) is 0 Å². The summed E-state index contributed by atoms with van der Waals surface area (Å²) in [7, 11) is 1.75. The van der Waals surface area contributed by atoms with Crippen molar-refractivity contribution in [1.29, 1.82) is 0 Å². The number of aliphatic imine (C=N–C) groups is 1. The van der Waals surface area contributed by atoms with E-state index in [0.717, 1.165) is 47.9 Å². The molecule has 1 aliphatic rings. The van der Waals surface area contributed by atoms with Crippen LogP contribution in [0.5, 0.6) is 0 Å². The summed E-state index contributed by atoms with van der Waals surface area (Å²) in [5.41, 5.74) is 4.12. The molecule has 4 rings (SSSR count). The van der Waals surface area contributed by atoms with Gasteiger partial charge in [0.1, 0.15) is 11.5 Å². The van der Waals surface area contributed by atoms with Crippen LogP contribution in [0.15, 0.2) is 53.7 Å². The first kappa shape index (κ1) is 17.5. The van der Waals surface area contributed by atoms with Crippen molar-refractivity contribution in [3.05, 3.63) is 71.4 Å². The molecule has 1 fully saturated rings. The minimum Gasteiger partial charge on any atom is -0.356 e. The summed E-state index contributed by atoms with van der Waals surface area (Å²) in [6.45, 7) is 3.39. The molecule has 1 aromatic carbocycles. The van der Waals surface area contributed by atoms with Crippen molar-refractivity contribution in [3.63, 3.8) is 0 Å². The average molecular weight is 365 g/mol. The predicted octanol–water partition coefficient (Wildman–Crippen LogP) is 3.18. The zero-order chi connectivity index (χ0) is 18.9. The van der Waals surface area contributed by atoms with Crippen molar-refractivity contribution in [2.45, 2.75) is 31.7 Å². The highest BCUT2D eigenvalue weighted by Crippen LogP contribution is 2.47. The van der Waals surface area contributed by atoms with Gasteiger partial charge in [0.2, 0.25) is 0 Å². The molecule has 3 aromatic rings. The highest BCUT2D eigenvalue weighted by atomic mass is 19.1. The number of halogens is 1. The maximum absolute atomic E-state index is 13.5. The molecule has 0 spiro atoms. The van der Waals surface area contributed by atoms with Gasteiger partial charge in [-0.05, 0) is 49.6 Å². The Morgan fingerprint density at radius 3 is 2.74 bits per heavy atom. The lowest BCUT2D eigenvalue weighted by Gasteiger charge is -2.19. The maximum atomic E-state index is 13.5. The van der Waals surface area contributed by atoms with E-state index in [9.17, 15) is 4.39 Å². The van der Waals surface area contributed by atoms with Crippen LogP contribution in [0.4, 0.5) is 4.39 Å². The van der Waals surface area contributed by atoms with Gasteiger partial charge in [0.05, 0.1) is 12.2 Å². The van der Waals surface area contributed by atoms with Gasteiger partial charge in [0.15, 0.2) is 5.96 Å². The summed E-state index contributed by atoms with van der Waals surface area (Å²) in [5.74, 6) is 0.551. The number of benzene rings is 1. The summed E-state index contributed by atoms with van der Waals surface area (Å²) in [5, 5.41) is 6.71. The molecule has 0 amide bonds. The molecule has 2 heterocycles. The second-order valence-electron chi connectivity index (χ2n) is 7.20. The minimum absolute atomic E-state index is 0.0138. The molecule has 2 N–H and O–H groups in total. The Balaban J connectivity index is 1.38. The number of guanidine groups is 1. The fourth-order valence-electron chi connectivity index (χ4n) is 3.47. The smallest absolute Gasteiger partial charge is 0.191 e. The van der Waals surface area contributed by atoms with Gasteiger partial charge in [0, 0.05) is 30.9 Å². The number of nitrogens with one attached hydrogen (secondary N) is 2. The number of fused-ring (bicyclic) bond motifs is 1. The van der Waals surface area contributed by atoms with E-state index in [0.29, 0.717) is 6.54 Å². The number of aromatic nitrogens is 2. The molecule has 1 aliphatic carbocycles. The molecule has 6 heteroatoms. The zero-order valence-electron chi connectivity index (χ0n) is 15.7. The van der Waals surface area contributed by atoms with E-state index in [-0.39, 0.29) is 11.2 Å². The van der Waals surface area contributed by atoms with Gasteiger partial charge in [0.25, 0.3) is 0 Å². The summed E-state index contributed by atoms with van der Waals surface area (Å²) < 4.78 is 15.6. The highest BCUT2D eigenvalue weighted by Gasteiger charge is 2.44. The van der Waals surface area contributed by atoms with Crippen molar-refractivity contribution >= 4 is 11.6 Å². The van der Waals surface area contributed by atoms with Crippen LogP contribution in [0, 0.1) is 12.7 Å². The summed E-state index contributed by atoms with van der Waals surface area (Å²) in [6.07, 6.45) is 4.17. The van der Waals surface area contributed by atoms with E-state index >= 15 is 0 Å². The van der Waals surface area contributed by atoms with Crippen molar-refractivity contribution < 1.29 is 4.39 Å². The second kappa shape index (κ2) is 7.02. The third kappa shape index (κ3) is 3.65. The normalized spacial score (nSPS) is 15.7. The van der Waals surface area contributed by atoms with Gasteiger partial charge >= 0.3 is 0 Å². The molecule has 0 saturated heterocycles. The van der Waals surface area contributed by atoms with Crippen molar-refractivity contribution in [2.24, 2.45) is 4.99 Å². The topological polar surface area (TPSA) is 53.7 Å². The molecule has 0 unspecified atom stereocenters. The van der Waals surface area contributed by atoms with Gasteiger partial charge in [-0.1, -0.05) is 18.2 Å². The molecule has 140 valence electrons. The number of rotatable bonds is 5. The van der Waals surface area contributed by atoms with E-state index < -0.39 is 0 Å². The van der Waals surface area contributed by atoms with Gasteiger partial charge in [-0.15, -0.1) is 0 Å². The van der Waals surface area contributed by atoms with Crippen LogP contribution in [0.3, 0.4) is 0 Å². The monoisotopic (exact) mass is 365 g/mol. The fraction of sp³-hybridized carbons (Fsp3) is 0.333. The lowest BCUT2D eigenvalue weighted by Crippen LogP contribution is -2.41. The van der Waals surface area contributed by atoms with E-state index in [4.69, 9.17) is 0 Å². The van der Waals surface area contributed by atoms with E-state index in [1.54, 1.807) is 19.2 Å². The van der Waals surface area contributed by atoms with Crippen LogP contribution < -0.4 is 10.6 Å². The van der Waals surface area contributed by atoms with E-state index in [2.05, 4.69) is 38.0 Å². The Kier molecular flexibility index (Phi) is 4.56. The third-order valence-corrected chi connectivity index (χ3v) is 5.29. The standard InChI is InChI=1S/C21H24FN5/c1-15-5-3-8-19-26-18(13-27(15)19)12-24-20(23-2)25-14-21(9-10-21)16-6-4-7-17(22)11-16/h3-8,11,13H,9-10,12,14H2,1-2H3,(H2,23,24,25). The molecule has 2 aromatic heterocycles. The van der Waals surface area contributed by atoms with E-state index in [1.165, 1.54) is 6.07 Å². The molecule has 1 saturated carbocycles. The summed E-state index contributed by atoms with van der Waals surface area (Å²) in [6, 6.07) is 13.0. The van der Waals surface area contributed by atoms with Crippen LogP contribution in [0.2, 0.25) is 0 Å². The first-order valence-corrected chi connectivity index (χ1v) is 9.24. The fourth-order valence-corrected chi connectivity index (χ4v) is 3.47. The van der Waals surface area contributed by atoms with Crippen LogP contribution >= 0.6 is 0 Å². The Morgan fingerprint density at radius 1 is 1.22 bits per heavy atom. The Bertz CT molecular complexity index is 987. The second-order valence-corrected chi connectivity index (χ2v) is 7.20. The lowest BCUT2D eigenvalue weighted by atomic mass is 9.96. The van der Waals surface area contributed by atoms with Crippen LogP contribution in [0.1, 0.15) is 29.8 Å². The number of hydrogen-bond acceptors (Lipinski definition) is 2. The molecular weight excluding hydrogens is 341 g/mol. The molecule has 0 atom stereocenters. The van der Waals surface area contributed by atoms with Crippen molar-refractivity contribution in [2.75, 3.05) is 13.6 Å². The van der Waals surface area contributed by atoms with E-state index in [1.807, 2.05) is 24.4 Å². The zero-order valence-corrected chi connectivity index (χ0v) is 15.7. The quantitative estimate of drug-likeness (QED) is 0.539. The Hall–Kier alpha value is -2.89. The van der Waals surface area contributed by atoms with Gasteiger partial charge in [-0.25, -0.2) is 9.37 Å². The van der Waals surface area contributed by atoms with Crippen molar-refractivity contribution in [1.82, 2.24) is 20.0 Å². The molecule has 27 heavy (non-hydrogen) atoms. The van der Waals surface area contributed by atoms with Crippen LogP contribution in [-0.4, -0.2) is 28.9 Å². The number of hydrogen-bond donors (Lipinski definition) is 2. The van der Waals surface area contributed by atoms with Crippen molar-refractivity contribution in [3.8, 4) is 0 Å². The molecule has 0 radical (unpaired) electrons. The number of imidazole rings is 1. The molecular formula is C21H24FN5. The minimum atomic E-state index is -0.177. The average Bonchev–Trinajstić information content (AvgIpc) is 3.34. The highest BCUT2D eigenvalue weighted by molar-refractivity contribution is 5.79. The number of aryl methyl sites for hydroxylation is 1. The molecule has 5 nitrogen and oxygen atoms in total. The Morgan fingerprint density at radius 2 is 2.04 bits per heavy atom. The predicted molar refractivity (Wildman–Crippen MR) is 105 cm³/mol. The maximum Gasteiger partial charge on any atom is 0.191 e. The first-order valence-electron chi connectivity index (χ1n) is 9.24. The van der Waals surface area contributed by atoms with Crippen LogP contribution in [0.25, 0.3) is 5.65 Å². The SMILES string of the molecule is CN=C(NCc1cn2c(C)cccc2n1)NCC1(c2cccc(F)c2)CC1. The van der Waals surface area contributed by atoms with Gasteiger partial charge in [-0.3, -0.25) is 4.99 Å².